The van der Waals surface area contributed by atoms with Crippen LogP contribution in [0.3, 0.4) is 0 Å². The van der Waals surface area contributed by atoms with Gasteiger partial charge in [0.1, 0.15) is 0 Å². The first-order valence-electron chi connectivity index (χ1n) is 19.1. The monoisotopic (exact) mass is 882 g/mol. The van der Waals surface area contributed by atoms with Crippen molar-refractivity contribution in [3.63, 3.8) is 0 Å². The van der Waals surface area contributed by atoms with Gasteiger partial charge in [0, 0.05) is 60.7 Å². The Kier molecular flexibility index (Phi) is 14.5. The van der Waals surface area contributed by atoms with Gasteiger partial charge in [-0.05, 0) is 79.7 Å². The van der Waals surface area contributed by atoms with Gasteiger partial charge in [-0.1, -0.05) is 47.8 Å². The molecule has 0 unspecified atom stereocenters. The third kappa shape index (κ3) is 10.7. The van der Waals surface area contributed by atoms with E-state index in [0.29, 0.717) is 38.9 Å². The Hall–Kier alpha value is -7.84. The minimum Gasteiger partial charge on any atom is -0.465 e. The molecule has 0 bridgehead atoms. The molecule has 6 heterocycles. The summed E-state index contributed by atoms with van der Waals surface area (Å²) in [6.45, 7) is 1.99. The molecular formula is C43H38N12O6S2. The molecule has 2 amide bonds. The fraction of sp³-hybridized carbons (Fsp3) is 0.116. The standard InChI is InChI=1S/C22H20N6O3S.C21H18N6O3S/c1-2-31-21(30)17-9-3-4-10-18(17)24-19(29)15-32-22-26-25-20(16-8-7-11-23-14-16)28(22)27-12-5-6-13-27;1-30-20(29)16-8-2-3-9-17(16)23-18(28)14-31-21-25-24-19(15-7-6-10-22-13-15)27(21)26-11-4-5-12-26/h3-14H,2,15H2,1H3,(H,24,29);2-13H,14H2,1H3,(H,23,28). The van der Waals surface area contributed by atoms with Gasteiger partial charge in [-0.3, -0.25) is 28.9 Å². The number of pyridine rings is 2. The van der Waals surface area contributed by atoms with Crippen LogP contribution < -0.4 is 10.6 Å². The van der Waals surface area contributed by atoms with Crippen molar-refractivity contribution in [1.82, 2.24) is 49.1 Å². The molecule has 20 heteroatoms. The van der Waals surface area contributed by atoms with Gasteiger partial charge in [-0.15, -0.1) is 20.4 Å². The lowest BCUT2D eigenvalue weighted by atomic mass is 10.2. The van der Waals surface area contributed by atoms with Gasteiger partial charge in [0.15, 0.2) is 11.6 Å². The smallest absolute Gasteiger partial charge is 0.340 e. The number of hydrogen-bond acceptors (Lipinski definition) is 14. The zero-order valence-corrected chi connectivity index (χ0v) is 35.3. The van der Waals surface area contributed by atoms with Gasteiger partial charge >= 0.3 is 11.9 Å². The molecule has 8 aromatic rings. The van der Waals surface area contributed by atoms with Crippen LogP contribution in [-0.2, 0) is 19.1 Å². The van der Waals surface area contributed by atoms with Crippen molar-refractivity contribution in [1.29, 1.82) is 0 Å². The van der Waals surface area contributed by atoms with E-state index in [-0.39, 0.29) is 35.5 Å². The number of aromatic nitrogens is 10. The summed E-state index contributed by atoms with van der Waals surface area (Å²) in [6, 6.07) is 28.4. The van der Waals surface area contributed by atoms with Gasteiger partial charge in [0.25, 0.3) is 0 Å². The van der Waals surface area contributed by atoms with Crippen molar-refractivity contribution in [2.75, 3.05) is 35.9 Å². The molecule has 18 nitrogen and oxygen atoms in total. The van der Waals surface area contributed by atoms with Crippen LogP contribution in [0.25, 0.3) is 22.8 Å². The molecule has 0 fully saturated rings. The maximum atomic E-state index is 12.6. The van der Waals surface area contributed by atoms with Gasteiger partial charge < -0.3 is 20.1 Å². The molecule has 318 valence electrons. The van der Waals surface area contributed by atoms with E-state index in [1.165, 1.54) is 30.6 Å². The van der Waals surface area contributed by atoms with Crippen LogP contribution in [0.1, 0.15) is 27.6 Å². The summed E-state index contributed by atoms with van der Waals surface area (Å²) in [5.74, 6) is -0.219. The molecule has 0 atom stereocenters. The SMILES string of the molecule is CCOC(=O)c1ccccc1NC(=O)CSc1nnc(-c2cccnc2)n1-n1cccc1.COC(=O)c1ccccc1NC(=O)CSc1nnc(-c2cccnc2)n1-n1cccc1. The lowest BCUT2D eigenvalue weighted by Crippen LogP contribution is -2.18. The van der Waals surface area contributed by atoms with Gasteiger partial charge in [0.2, 0.25) is 22.1 Å². The van der Waals surface area contributed by atoms with Crippen molar-refractivity contribution in [2.24, 2.45) is 0 Å². The maximum absolute atomic E-state index is 12.6. The second-order valence-corrected chi connectivity index (χ2v) is 14.7. The molecule has 0 aliphatic rings. The molecule has 0 aliphatic carbocycles. The first kappa shape index (κ1) is 43.3. The number of rotatable bonds is 15. The number of esters is 2. The summed E-state index contributed by atoms with van der Waals surface area (Å²) in [4.78, 5) is 57.5. The quantitative estimate of drug-likeness (QED) is 0.0853. The number of carbonyl (C=O) groups excluding carboxylic acids is 4. The van der Waals surface area contributed by atoms with Crippen LogP contribution in [0, 0.1) is 0 Å². The Morgan fingerprint density at radius 2 is 1.02 bits per heavy atom. The first-order valence-corrected chi connectivity index (χ1v) is 21.1. The highest BCUT2D eigenvalue weighted by Gasteiger charge is 2.21. The molecule has 0 radical (unpaired) electrons. The van der Waals surface area contributed by atoms with Crippen LogP contribution >= 0.6 is 23.5 Å². The van der Waals surface area contributed by atoms with E-state index in [0.717, 1.165) is 11.1 Å². The van der Waals surface area contributed by atoms with Crippen LogP contribution in [0.5, 0.6) is 0 Å². The van der Waals surface area contributed by atoms with Crippen molar-refractivity contribution in [2.45, 2.75) is 17.2 Å². The fourth-order valence-electron chi connectivity index (χ4n) is 5.89. The molecular weight excluding hydrogens is 845 g/mol. The molecule has 63 heavy (non-hydrogen) atoms. The number of methoxy groups -OCH3 is 1. The Balaban J connectivity index is 0.000000189. The number of anilines is 2. The van der Waals surface area contributed by atoms with Crippen molar-refractivity contribution in [3.8, 4) is 22.8 Å². The van der Waals surface area contributed by atoms with E-state index < -0.39 is 11.9 Å². The fourth-order valence-corrected chi connectivity index (χ4v) is 7.35. The molecule has 0 aliphatic heterocycles. The number of amides is 2. The molecule has 2 aromatic carbocycles. The van der Waals surface area contributed by atoms with Crippen molar-refractivity contribution in [3.05, 3.63) is 158 Å². The molecule has 0 saturated carbocycles. The van der Waals surface area contributed by atoms with Crippen LogP contribution in [-0.4, -0.2) is 98.0 Å². The molecule has 6 aromatic heterocycles. The van der Waals surface area contributed by atoms with Crippen LogP contribution in [0.4, 0.5) is 11.4 Å². The number of nitrogens with zero attached hydrogens (tertiary/aromatic N) is 10. The van der Waals surface area contributed by atoms with Crippen molar-refractivity contribution >= 4 is 58.7 Å². The zero-order chi connectivity index (χ0) is 44.0. The summed E-state index contributed by atoms with van der Waals surface area (Å²) < 4.78 is 17.1. The zero-order valence-electron chi connectivity index (χ0n) is 33.7. The van der Waals surface area contributed by atoms with E-state index in [2.05, 4.69) is 41.0 Å². The average molecular weight is 883 g/mol. The van der Waals surface area contributed by atoms with Gasteiger partial charge in [0.05, 0.1) is 47.7 Å². The summed E-state index contributed by atoms with van der Waals surface area (Å²) in [7, 11) is 1.30. The predicted molar refractivity (Wildman–Crippen MR) is 236 cm³/mol. The summed E-state index contributed by atoms with van der Waals surface area (Å²) in [5, 5.41) is 23.7. The van der Waals surface area contributed by atoms with E-state index in [1.54, 1.807) is 84.9 Å². The predicted octanol–water partition coefficient (Wildman–Crippen LogP) is 6.33. The van der Waals surface area contributed by atoms with E-state index in [9.17, 15) is 19.2 Å². The van der Waals surface area contributed by atoms with E-state index >= 15 is 0 Å². The topological polar surface area (TPSA) is 208 Å². The lowest BCUT2D eigenvalue weighted by Gasteiger charge is -2.12. The summed E-state index contributed by atoms with van der Waals surface area (Å²) >= 11 is 2.46. The second-order valence-electron chi connectivity index (χ2n) is 12.8. The number of para-hydroxylation sites is 2. The number of ether oxygens (including phenoxy) is 2. The minimum atomic E-state index is -0.517. The van der Waals surface area contributed by atoms with E-state index in [1.807, 2.05) is 87.3 Å². The van der Waals surface area contributed by atoms with E-state index in [4.69, 9.17) is 9.47 Å². The average Bonchev–Trinajstić information content (AvgIpc) is 4.17. The normalized spacial score (nSPS) is 10.6. The highest BCUT2D eigenvalue weighted by atomic mass is 32.2. The van der Waals surface area contributed by atoms with Crippen molar-refractivity contribution < 1.29 is 28.7 Å². The number of benzene rings is 2. The Morgan fingerprint density at radius 3 is 1.43 bits per heavy atom. The van der Waals surface area contributed by atoms with Gasteiger partial charge in [-0.2, -0.15) is 0 Å². The number of thioether (sulfide) groups is 2. The van der Waals surface area contributed by atoms with Gasteiger partial charge in [-0.25, -0.2) is 18.9 Å². The summed E-state index contributed by atoms with van der Waals surface area (Å²) in [6.07, 6.45) is 14.2. The van der Waals surface area contributed by atoms with Crippen LogP contribution in [0.2, 0.25) is 0 Å². The highest BCUT2D eigenvalue weighted by molar-refractivity contribution is 8.00. The summed E-state index contributed by atoms with van der Waals surface area (Å²) in [5.41, 5.74) is 2.99. The largest absolute Gasteiger partial charge is 0.465 e. The third-order valence-electron chi connectivity index (χ3n) is 8.67. The number of nitrogens with one attached hydrogen (secondary N) is 2. The Labute approximate surface area is 368 Å². The minimum absolute atomic E-state index is 0.0714. The maximum Gasteiger partial charge on any atom is 0.340 e. The lowest BCUT2D eigenvalue weighted by molar-refractivity contribution is -0.114. The molecule has 2 N–H and O–H groups in total. The number of carbonyl (C=O) groups is 4. The Bertz CT molecular complexity index is 2780. The number of hydrogen-bond donors (Lipinski definition) is 2. The molecule has 0 saturated heterocycles. The van der Waals surface area contributed by atoms with Crippen LogP contribution in [0.15, 0.2) is 157 Å². The second kappa shape index (κ2) is 21.1. The molecule has 0 spiro atoms. The Morgan fingerprint density at radius 1 is 0.571 bits per heavy atom. The third-order valence-corrected chi connectivity index (χ3v) is 10.5. The first-order chi connectivity index (χ1) is 30.8. The highest BCUT2D eigenvalue weighted by Crippen LogP contribution is 2.26. The molecule has 8 rings (SSSR count).